The average Bonchev–Trinajstić information content (AvgIpc) is 2.32. The average molecular weight is 271 g/mol. The molecule has 112 valence electrons. The monoisotopic (exact) mass is 271 g/mol. The minimum Gasteiger partial charge on any atom is -0.341 e. The minimum absolute atomic E-state index is 0.0154. The first-order valence-electron chi connectivity index (χ1n) is 7.11. The van der Waals surface area contributed by atoms with E-state index in [1.807, 2.05) is 32.6 Å². The molecule has 0 aliphatic rings. The summed E-state index contributed by atoms with van der Waals surface area (Å²) < 4.78 is 0. The second-order valence-electron chi connectivity index (χ2n) is 5.16. The Morgan fingerprint density at radius 1 is 1.16 bits per heavy atom. The van der Waals surface area contributed by atoms with E-state index in [2.05, 4.69) is 0 Å². The smallest absolute Gasteiger partial charge is 0.222 e. The number of nitrogens with two attached hydrogens (primary N) is 1. The summed E-state index contributed by atoms with van der Waals surface area (Å²) >= 11 is 0. The number of hydrogen-bond donors (Lipinski definition) is 1. The molecule has 0 heterocycles. The number of nitrogens with zero attached hydrogens (tertiary/aromatic N) is 2. The largest absolute Gasteiger partial charge is 0.341 e. The molecule has 5 nitrogen and oxygen atoms in total. The van der Waals surface area contributed by atoms with Gasteiger partial charge in [-0.2, -0.15) is 0 Å². The van der Waals surface area contributed by atoms with Gasteiger partial charge in [-0.15, -0.1) is 0 Å². The highest BCUT2D eigenvalue weighted by Crippen LogP contribution is 2.10. The molecule has 5 heteroatoms. The van der Waals surface area contributed by atoms with Crippen molar-refractivity contribution < 1.29 is 9.59 Å². The Hall–Kier alpha value is -1.10. The van der Waals surface area contributed by atoms with Crippen LogP contribution in [0.25, 0.3) is 0 Å². The molecule has 1 unspecified atom stereocenters. The van der Waals surface area contributed by atoms with E-state index < -0.39 is 0 Å². The second-order valence-corrected chi connectivity index (χ2v) is 5.16. The molecule has 0 spiro atoms. The molecular formula is C14H29N3O2. The van der Waals surface area contributed by atoms with Crippen molar-refractivity contribution in [3.05, 3.63) is 0 Å². The van der Waals surface area contributed by atoms with Gasteiger partial charge >= 0.3 is 0 Å². The first-order chi connectivity index (χ1) is 8.84. The Labute approximate surface area is 117 Å². The zero-order valence-corrected chi connectivity index (χ0v) is 13.0. The van der Waals surface area contributed by atoms with Crippen molar-refractivity contribution >= 4 is 11.8 Å². The molecule has 0 aromatic rings. The third-order valence-electron chi connectivity index (χ3n) is 3.37. The summed E-state index contributed by atoms with van der Waals surface area (Å²) in [5.41, 5.74) is 5.50. The van der Waals surface area contributed by atoms with Crippen LogP contribution in [0.2, 0.25) is 0 Å². The molecule has 0 aliphatic carbocycles. The molecule has 0 bridgehead atoms. The number of carbonyl (C=O) groups is 2. The summed E-state index contributed by atoms with van der Waals surface area (Å²) in [5.74, 6) is 0.169. The summed E-state index contributed by atoms with van der Waals surface area (Å²) in [5, 5.41) is 0. The van der Waals surface area contributed by atoms with E-state index in [9.17, 15) is 9.59 Å². The van der Waals surface area contributed by atoms with Crippen molar-refractivity contribution in [2.24, 2.45) is 5.73 Å². The van der Waals surface area contributed by atoms with Crippen LogP contribution in [0.15, 0.2) is 0 Å². The summed E-state index contributed by atoms with van der Waals surface area (Å²) in [4.78, 5) is 27.2. The van der Waals surface area contributed by atoms with Gasteiger partial charge in [0.05, 0.1) is 0 Å². The lowest BCUT2D eigenvalue weighted by molar-refractivity contribution is -0.135. The Morgan fingerprint density at radius 3 is 2.11 bits per heavy atom. The van der Waals surface area contributed by atoms with Gasteiger partial charge in [0, 0.05) is 45.1 Å². The van der Waals surface area contributed by atoms with Crippen LogP contribution < -0.4 is 5.73 Å². The van der Waals surface area contributed by atoms with Crippen LogP contribution in [0.4, 0.5) is 0 Å². The van der Waals surface area contributed by atoms with Gasteiger partial charge in [0.1, 0.15) is 0 Å². The molecule has 0 saturated carbocycles. The van der Waals surface area contributed by atoms with Gasteiger partial charge in [0.25, 0.3) is 0 Å². The highest BCUT2D eigenvalue weighted by atomic mass is 16.2. The van der Waals surface area contributed by atoms with Gasteiger partial charge in [-0.25, -0.2) is 0 Å². The second kappa shape index (κ2) is 8.91. The van der Waals surface area contributed by atoms with Crippen LogP contribution >= 0.6 is 0 Å². The fourth-order valence-electron chi connectivity index (χ4n) is 2.29. The molecule has 2 amide bonds. The topological polar surface area (TPSA) is 66.6 Å². The fraction of sp³-hybridized carbons (Fsp3) is 0.857. The van der Waals surface area contributed by atoms with Crippen molar-refractivity contribution in [3.8, 4) is 0 Å². The summed E-state index contributed by atoms with van der Waals surface area (Å²) in [7, 11) is 0. The van der Waals surface area contributed by atoms with Crippen molar-refractivity contribution in [1.29, 1.82) is 0 Å². The zero-order valence-electron chi connectivity index (χ0n) is 13.0. The van der Waals surface area contributed by atoms with Gasteiger partial charge in [-0.05, 0) is 34.1 Å². The van der Waals surface area contributed by atoms with Crippen molar-refractivity contribution in [1.82, 2.24) is 9.80 Å². The van der Waals surface area contributed by atoms with Crippen LogP contribution in [-0.4, -0.2) is 53.3 Å². The number of amides is 2. The molecule has 0 aromatic heterocycles. The minimum atomic E-state index is 0.0154. The van der Waals surface area contributed by atoms with E-state index in [0.717, 1.165) is 6.54 Å². The molecule has 0 aromatic carbocycles. The Morgan fingerprint density at radius 2 is 1.74 bits per heavy atom. The first-order valence-corrected chi connectivity index (χ1v) is 7.11. The van der Waals surface area contributed by atoms with E-state index in [4.69, 9.17) is 5.73 Å². The fourth-order valence-corrected chi connectivity index (χ4v) is 2.29. The van der Waals surface area contributed by atoms with Crippen molar-refractivity contribution in [3.63, 3.8) is 0 Å². The molecule has 0 fully saturated rings. The molecule has 0 radical (unpaired) electrons. The number of carbonyl (C=O) groups excluding carboxylic acids is 2. The lowest BCUT2D eigenvalue weighted by atomic mass is 10.1. The molecule has 19 heavy (non-hydrogen) atoms. The van der Waals surface area contributed by atoms with Gasteiger partial charge in [0.15, 0.2) is 0 Å². The zero-order chi connectivity index (χ0) is 15.0. The van der Waals surface area contributed by atoms with E-state index in [1.165, 1.54) is 0 Å². The van der Waals surface area contributed by atoms with Gasteiger partial charge in [-0.1, -0.05) is 0 Å². The van der Waals surface area contributed by atoms with E-state index in [1.54, 1.807) is 11.8 Å². The van der Waals surface area contributed by atoms with E-state index in [-0.39, 0.29) is 23.9 Å². The van der Waals surface area contributed by atoms with E-state index in [0.29, 0.717) is 25.9 Å². The highest BCUT2D eigenvalue weighted by molar-refractivity contribution is 5.77. The Balaban J connectivity index is 4.37. The first kappa shape index (κ1) is 17.9. The quantitative estimate of drug-likeness (QED) is 0.722. The molecular weight excluding hydrogens is 242 g/mol. The van der Waals surface area contributed by atoms with Crippen LogP contribution in [-0.2, 0) is 9.59 Å². The maximum absolute atomic E-state index is 12.1. The lowest BCUT2D eigenvalue weighted by Gasteiger charge is -2.29. The molecule has 2 N–H and O–H groups in total. The van der Waals surface area contributed by atoms with Crippen LogP contribution in [0.5, 0.6) is 0 Å². The van der Waals surface area contributed by atoms with Crippen molar-refractivity contribution in [2.45, 2.75) is 59.5 Å². The Bertz CT molecular complexity index is 292. The maximum Gasteiger partial charge on any atom is 0.222 e. The molecule has 1 atom stereocenters. The summed E-state index contributed by atoms with van der Waals surface area (Å²) in [6.45, 7) is 11.2. The normalized spacial score (nSPS) is 12.4. The third kappa shape index (κ3) is 6.05. The van der Waals surface area contributed by atoms with Crippen LogP contribution in [0.1, 0.15) is 47.5 Å². The summed E-state index contributed by atoms with van der Waals surface area (Å²) in [6.07, 6.45) is 1.16. The molecule has 0 saturated heterocycles. The predicted molar refractivity (Wildman–Crippen MR) is 77.7 cm³/mol. The maximum atomic E-state index is 12.1. The third-order valence-corrected chi connectivity index (χ3v) is 3.37. The number of rotatable bonds is 8. The standard InChI is InChI=1S/C14H29N3O2/c1-6-16(11(2)3)14(19)8-7-12(4)17(10-9-15)13(5)18/h11-12H,6-10,15H2,1-5H3. The molecule has 0 rings (SSSR count). The van der Waals surface area contributed by atoms with Gasteiger partial charge in [0.2, 0.25) is 11.8 Å². The predicted octanol–water partition coefficient (Wildman–Crippen LogP) is 1.22. The van der Waals surface area contributed by atoms with Gasteiger partial charge < -0.3 is 15.5 Å². The van der Waals surface area contributed by atoms with E-state index >= 15 is 0 Å². The van der Waals surface area contributed by atoms with Crippen molar-refractivity contribution in [2.75, 3.05) is 19.6 Å². The van der Waals surface area contributed by atoms with Gasteiger partial charge in [-0.3, -0.25) is 9.59 Å². The SMILES string of the molecule is CCN(C(=O)CCC(C)N(CCN)C(C)=O)C(C)C. The molecule has 0 aliphatic heterocycles. The van der Waals surface area contributed by atoms with Crippen LogP contribution in [0, 0.1) is 0 Å². The summed E-state index contributed by atoms with van der Waals surface area (Å²) in [6, 6.07) is 0.275. The highest BCUT2D eigenvalue weighted by Gasteiger charge is 2.19. The number of hydrogen-bond acceptors (Lipinski definition) is 3. The van der Waals surface area contributed by atoms with Crippen LogP contribution in [0.3, 0.4) is 0 Å². The Kier molecular flexibility index (Phi) is 8.39. The lowest BCUT2D eigenvalue weighted by Crippen LogP contribution is -2.42.